The van der Waals surface area contributed by atoms with E-state index in [1.807, 2.05) is 43.3 Å². The Morgan fingerprint density at radius 2 is 1.56 bits per heavy atom. The summed E-state index contributed by atoms with van der Waals surface area (Å²) in [5.41, 5.74) is 2.53. The van der Waals surface area contributed by atoms with Gasteiger partial charge in [0.25, 0.3) is 10.0 Å². The molecule has 0 atom stereocenters. The van der Waals surface area contributed by atoms with Crippen LogP contribution in [0.15, 0.2) is 53.4 Å². The van der Waals surface area contributed by atoms with Crippen molar-refractivity contribution in [2.75, 3.05) is 10.8 Å². The number of para-hydroxylation sites is 1. The maximum Gasteiger partial charge on any atom is 0.264 e. The minimum Gasteiger partial charge on any atom is -0.266 e. The summed E-state index contributed by atoms with van der Waals surface area (Å²) >= 11 is 0. The number of benzene rings is 2. The average Bonchev–Trinajstić information content (AvgIpc) is 2.39. The van der Waals surface area contributed by atoms with Gasteiger partial charge in [-0.25, -0.2) is 8.42 Å². The number of rotatable bonds is 1. The highest BCUT2D eigenvalue weighted by atomic mass is 32.2. The van der Waals surface area contributed by atoms with Crippen LogP contribution in [0.2, 0.25) is 0 Å². The molecule has 0 aromatic heterocycles. The molecule has 1 aliphatic heterocycles. The first kappa shape index (κ1) is 11.3. The van der Waals surface area contributed by atoms with Crippen molar-refractivity contribution >= 4 is 15.7 Å². The van der Waals surface area contributed by atoms with Gasteiger partial charge in [0.15, 0.2) is 0 Å². The Bertz CT molecular complexity index is 707. The van der Waals surface area contributed by atoms with Crippen molar-refractivity contribution < 1.29 is 8.42 Å². The summed E-state index contributed by atoms with van der Waals surface area (Å²) in [6, 6.07) is 14.8. The van der Waals surface area contributed by atoms with Gasteiger partial charge in [-0.2, -0.15) is 0 Å². The van der Waals surface area contributed by atoms with Crippen molar-refractivity contribution in [1.29, 1.82) is 0 Å². The number of sulfonamides is 1. The SMILES string of the molecule is CCN1c2ccccc2-c2ccccc2S1(=O)=O. The first-order chi connectivity index (χ1) is 8.66. The number of fused-ring (bicyclic) bond motifs is 3. The van der Waals surface area contributed by atoms with Gasteiger partial charge in [0.2, 0.25) is 0 Å². The van der Waals surface area contributed by atoms with Crippen LogP contribution in [0.3, 0.4) is 0 Å². The molecule has 3 nitrogen and oxygen atoms in total. The minimum atomic E-state index is -3.41. The summed E-state index contributed by atoms with van der Waals surface area (Å²) in [4.78, 5) is 0.394. The van der Waals surface area contributed by atoms with E-state index in [0.29, 0.717) is 11.4 Å². The van der Waals surface area contributed by atoms with Crippen LogP contribution in [0.4, 0.5) is 5.69 Å². The zero-order chi connectivity index (χ0) is 12.8. The first-order valence-corrected chi connectivity index (χ1v) is 7.31. The normalized spacial score (nSPS) is 15.9. The van der Waals surface area contributed by atoms with Gasteiger partial charge in [-0.1, -0.05) is 36.4 Å². The zero-order valence-electron chi connectivity index (χ0n) is 10.00. The van der Waals surface area contributed by atoms with E-state index in [0.717, 1.165) is 16.8 Å². The Kier molecular flexibility index (Phi) is 2.41. The average molecular weight is 259 g/mol. The molecule has 18 heavy (non-hydrogen) atoms. The number of nitrogens with zero attached hydrogens (tertiary/aromatic N) is 1. The molecule has 0 aliphatic carbocycles. The molecule has 1 heterocycles. The number of anilines is 1. The molecular formula is C14H13NO2S. The Balaban J connectivity index is 2.43. The molecule has 0 N–H and O–H groups in total. The summed E-state index contributed by atoms with van der Waals surface area (Å²) in [7, 11) is -3.41. The van der Waals surface area contributed by atoms with E-state index in [4.69, 9.17) is 0 Å². The molecule has 0 bridgehead atoms. The van der Waals surface area contributed by atoms with Crippen LogP contribution in [0.25, 0.3) is 11.1 Å². The van der Waals surface area contributed by atoms with Gasteiger partial charge in [-0.05, 0) is 19.1 Å². The quantitative estimate of drug-likeness (QED) is 0.789. The van der Waals surface area contributed by atoms with Crippen LogP contribution in [-0.4, -0.2) is 15.0 Å². The fourth-order valence-corrected chi connectivity index (χ4v) is 4.12. The van der Waals surface area contributed by atoms with Crippen molar-refractivity contribution in [1.82, 2.24) is 0 Å². The Hall–Kier alpha value is -1.81. The number of hydrogen-bond donors (Lipinski definition) is 0. The van der Waals surface area contributed by atoms with Crippen LogP contribution in [0, 0.1) is 0 Å². The van der Waals surface area contributed by atoms with Crippen LogP contribution < -0.4 is 4.31 Å². The van der Waals surface area contributed by atoms with Crippen LogP contribution >= 0.6 is 0 Å². The van der Waals surface area contributed by atoms with E-state index < -0.39 is 10.0 Å². The van der Waals surface area contributed by atoms with Crippen molar-refractivity contribution in [3.63, 3.8) is 0 Å². The van der Waals surface area contributed by atoms with E-state index in [1.165, 1.54) is 4.31 Å². The van der Waals surface area contributed by atoms with Crippen molar-refractivity contribution in [3.8, 4) is 11.1 Å². The molecule has 0 amide bonds. The maximum absolute atomic E-state index is 12.5. The van der Waals surface area contributed by atoms with Gasteiger partial charge < -0.3 is 0 Å². The third-order valence-electron chi connectivity index (χ3n) is 3.21. The van der Waals surface area contributed by atoms with Crippen molar-refractivity contribution in [2.45, 2.75) is 11.8 Å². The lowest BCUT2D eigenvalue weighted by molar-refractivity contribution is 0.591. The topological polar surface area (TPSA) is 37.4 Å². The Morgan fingerprint density at radius 3 is 2.28 bits per heavy atom. The van der Waals surface area contributed by atoms with Gasteiger partial charge in [-0.3, -0.25) is 4.31 Å². The minimum absolute atomic E-state index is 0.394. The molecule has 0 spiro atoms. The van der Waals surface area contributed by atoms with Crippen LogP contribution in [0.1, 0.15) is 6.92 Å². The molecule has 3 rings (SSSR count). The molecule has 4 heteroatoms. The maximum atomic E-state index is 12.5. The van der Waals surface area contributed by atoms with E-state index in [2.05, 4.69) is 0 Å². The highest BCUT2D eigenvalue weighted by Crippen LogP contribution is 2.42. The lowest BCUT2D eigenvalue weighted by atomic mass is 10.0. The van der Waals surface area contributed by atoms with Crippen LogP contribution in [-0.2, 0) is 10.0 Å². The van der Waals surface area contributed by atoms with Gasteiger partial charge in [0.05, 0.1) is 10.6 Å². The predicted molar refractivity (Wildman–Crippen MR) is 72.1 cm³/mol. The van der Waals surface area contributed by atoms with Gasteiger partial charge in [-0.15, -0.1) is 0 Å². The molecule has 0 unspecified atom stereocenters. The third kappa shape index (κ3) is 1.39. The van der Waals surface area contributed by atoms with Crippen molar-refractivity contribution in [3.05, 3.63) is 48.5 Å². The lowest BCUT2D eigenvalue weighted by Crippen LogP contribution is -2.33. The van der Waals surface area contributed by atoms with E-state index in [9.17, 15) is 8.42 Å². The van der Waals surface area contributed by atoms with Crippen molar-refractivity contribution in [2.24, 2.45) is 0 Å². The monoisotopic (exact) mass is 259 g/mol. The first-order valence-electron chi connectivity index (χ1n) is 5.87. The second kappa shape index (κ2) is 3.85. The molecule has 92 valence electrons. The van der Waals surface area contributed by atoms with Gasteiger partial charge in [0.1, 0.15) is 0 Å². The smallest absolute Gasteiger partial charge is 0.264 e. The van der Waals surface area contributed by atoms with E-state index in [-0.39, 0.29) is 0 Å². The number of hydrogen-bond acceptors (Lipinski definition) is 2. The highest BCUT2D eigenvalue weighted by molar-refractivity contribution is 7.93. The zero-order valence-corrected chi connectivity index (χ0v) is 10.8. The molecule has 0 saturated carbocycles. The van der Waals surface area contributed by atoms with Crippen LogP contribution in [0.5, 0.6) is 0 Å². The predicted octanol–water partition coefficient (Wildman–Crippen LogP) is 2.88. The van der Waals surface area contributed by atoms with Gasteiger partial charge in [0, 0.05) is 17.7 Å². The molecule has 0 radical (unpaired) electrons. The Morgan fingerprint density at radius 1 is 0.944 bits per heavy atom. The van der Waals surface area contributed by atoms with Gasteiger partial charge >= 0.3 is 0 Å². The lowest BCUT2D eigenvalue weighted by Gasteiger charge is -2.31. The summed E-state index contributed by atoms with van der Waals surface area (Å²) in [6.45, 7) is 2.29. The summed E-state index contributed by atoms with van der Waals surface area (Å²) < 4.78 is 26.5. The summed E-state index contributed by atoms with van der Waals surface area (Å²) in [5.74, 6) is 0. The summed E-state index contributed by atoms with van der Waals surface area (Å²) in [6.07, 6.45) is 0. The fraction of sp³-hybridized carbons (Fsp3) is 0.143. The second-order valence-corrected chi connectivity index (χ2v) is 6.01. The molecule has 1 aliphatic rings. The molecular weight excluding hydrogens is 246 g/mol. The standard InChI is InChI=1S/C14H13NO2S/c1-2-15-13-9-5-3-7-11(13)12-8-4-6-10-14(12)18(15,16)17/h3-10H,2H2,1H3. The second-order valence-electron chi connectivity index (χ2n) is 4.18. The molecule has 2 aromatic rings. The summed E-state index contributed by atoms with van der Waals surface area (Å²) in [5, 5.41) is 0. The van der Waals surface area contributed by atoms with E-state index >= 15 is 0 Å². The molecule has 2 aromatic carbocycles. The Labute approximate surface area is 107 Å². The highest BCUT2D eigenvalue weighted by Gasteiger charge is 2.33. The fourth-order valence-electron chi connectivity index (χ4n) is 2.42. The molecule has 0 saturated heterocycles. The van der Waals surface area contributed by atoms with E-state index in [1.54, 1.807) is 12.1 Å². The largest absolute Gasteiger partial charge is 0.266 e. The molecule has 0 fully saturated rings. The third-order valence-corrected chi connectivity index (χ3v) is 5.15.